The average Bonchev–Trinajstić information content (AvgIpc) is 3.13. The third-order valence-corrected chi connectivity index (χ3v) is 7.10. The van der Waals surface area contributed by atoms with E-state index in [1.807, 2.05) is 6.07 Å². The van der Waals surface area contributed by atoms with Gasteiger partial charge in [-0.3, -0.25) is 4.79 Å². The van der Waals surface area contributed by atoms with Gasteiger partial charge in [0.1, 0.15) is 5.60 Å². The molecule has 2 aliphatic rings. The molecular weight excluding hydrogens is 364 g/mol. The Morgan fingerprint density at radius 1 is 1.41 bits per heavy atom. The van der Waals surface area contributed by atoms with Crippen LogP contribution in [0.25, 0.3) is 0 Å². The zero-order valence-electron chi connectivity index (χ0n) is 16.2. The molecule has 1 saturated heterocycles. The second-order valence-electron chi connectivity index (χ2n) is 7.62. The van der Waals surface area contributed by atoms with Crippen LogP contribution in [0.4, 0.5) is 0 Å². The number of likely N-dealkylation sites (tertiary alicyclic amines) is 1. The third kappa shape index (κ3) is 4.71. The Morgan fingerprint density at radius 3 is 2.85 bits per heavy atom. The largest absolute Gasteiger partial charge is 0.395 e. The molecule has 1 aromatic rings. The molecule has 6 nitrogen and oxygen atoms in total. The van der Waals surface area contributed by atoms with Crippen LogP contribution < -0.4 is 5.32 Å². The Bertz CT molecular complexity index is 625. The molecule has 3 heterocycles. The van der Waals surface area contributed by atoms with Crippen LogP contribution in [0.3, 0.4) is 0 Å². The van der Waals surface area contributed by atoms with Crippen molar-refractivity contribution in [1.29, 1.82) is 0 Å². The number of carbonyl (C=O) groups is 1. The van der Waals surface area contributed by atoms with Crippen molar-refractivity contribution in [3.8, 4) is 0 Å². The molecule has 7 heteroatoms. The number of unbranched alkanes of at least 4 members (excludes halogenated alkanes) is 1. The molecule has 1 amide bonds. The van der Waals surface area contributed by atoms with Crippen LogP contribution >= 0.6 is 11.3 Å². The lowest BCUT2D eigenvalue weighted by Gasteiger charge is -2.43. The highest BCUT2D eigenvalue weighted by Crippen LogP contribution is 2.45. The third-order valence-electron chi connectivity index (χ3n) is 5.74. The van der Waals surface area contributed by atoms with E-state index < -0.39 is 0 Å². The molecule has 0 radical (unpaired) electrons. The first kappa shape index (κ1) is 20.7. The van der Waals surface area contributed by atoms with Crippen molar-refractivity contribution in [1.82, 2.24) is 10.2 Å². The van der Waals surface area contributed by atoms with E-state index in [1.54, 1.807) is 11.3 Å². The second-order valence-corrected chi connectivity index (χ2v) is 8.67. The van der Waals surface area contributed by atoms with Gasteiger partial charge in [0.15, 0.2) is 0 Å². The summed E-state index contributed by atoms with van der Waals surface area (Å²) in [4.78, 5) is 16.9. The van der Waals surface area contributed by atoms with Gasteiger partial charge < -0.3 is 25.2 Å². The number of nitrogens with zero attached hydrogens (tertiary/aromatic N) is 1. The van der Waals surface area contributed by atoms with Crippen LogP contribution in [0.5, 0.6) is 0 Å². The average molecular weight is 397 g/mol. The second kappa shape index (κ2) is 9.47. The molecular formula is C20H32N2O4S. The highest BCUT2D eigenvalue weighted by molar-refractivity contribution is 7.14. The number of nitrogens with one attached hydrogen (secondary N) is 1. The van der Waals surface area contributed by atoms with Gasteiger partial charge in [-0.2, -0.15) is 0 Å². The molecule has 27 heavy (non-hydrogen) atoms. The lowest BCUT2D eigenvalue weighted by molar-refractivity contribution is -0.0959. The molecule has 1 unspecified atom stereocenters. The standard InChI is InChI=1S/C20H32N2O4S/c1-2-3-4-16(14-24)21-19(25)17-13-15-5-12-26-20(18(15)27-17)6-8-22(9-7-20)10-11-23/h13,16,23-24H,2-12,14H2,1H3,(H,21,25). The first-order valence-electron chi connectivity index (χ1n) is 10.1. The zero-order chi connectivity index (χ0) is 19.3. The number of aliphatic hydroxyl groups is 2. The van der Waals surface area contributed by atoms with E-state index in [9.17, 15) is 9.90 Å². The Balaban J connectivity index is 1.71. The van der Waals surface area contributed by atoms with E-state index in [-0.39, 0.29) is 30.8 Å². The Kier molecular flexibility index (Phi) is 7.28. The van der Waals surface area contributed by atoms with E-state index >= 15 is 0 Å². The normalized spacial score (nSPS) is 20.4. The van der Waals surface area contributed by atoms with Gasteiger partial charge in [-0.25, -0.2) is 0 Å². The van der Waals surface area contributed by atoms with Gasteiger partial charge in [0.2, 0.25) is 0 Å². The fourth-order valence-corrected chi connectivity index (χ4v) is 5.41. The first-order valence-corrected chi connectivity index (χ1v) is 11.0. The molecule has 0 aliphatic carbocycles. The molecule has 3 N–H and O–H groups in total. The Hall–Kier alpha value is -0.990. The lowest BCUT2D eigenvalue weighted by atomic mass is 9.85. The highest BCUT2D eigenvalue weighted by Gasteiger charge is 2.42. The number of carbonyl (C=O) groups excluding carboxylic acids is 1. The molecule has 1 spiro atoms. The summed E-state index contributed by atoms with van der Waals surface area (Å²) in [7, 11) is 0. The van der Waals surface area contributed by atoms with E-state index in [2.05, 4.69) is 17.1 Å². The van der Waals surface area contributed by atoms with Crippen molar-refractivity contribution in [3.63, 3.8) is 0 Å². The number of aliphatic hydroxyl groups excluding tert-OH is 2. The van der Waals surface area contributed by atoms with Crippen LogP contribution in [0.2, 0.25) is 0 Å². The molecule has 152 valence electrons. The topological polar surface area (TPSA) is 82.0 Å². The maximum Gasteiger partial charge on any atom is 0.261 e. The Labute approximate surface area is 165 Å². The van der Waals surface area contributed by atoms with Crippen LogP contribution in [0, 0.1) is 0 Å². The Morgan fingerprint density at radius 2 is 2.19 bits per heavy atom. The van der Waals surface area contributed by atoms with E-state index in [4.69, 9.17) is 9.84 Å². The molecule has 3 rings (SSSR count). The van der Waals surface area contributed by atoms with Gasteiger partial charge in [0, 0.05) is 24.5 Å². The molecule has 0 aromatic carbocycles. The van der Waals surface area contributed by atoms with Gasteiger partial charge in [0.05, 0.1) is 30.7 Å². The number of fused-ring (bicyclic) bond motifs is 2. The van der Waals surface area contributed by atoms with E-state index in [1.165, 1.54) is 10.4 Å². The number of rotatable bonds is 8. The SMILES string of the molecule is CCCCC(CO)NC(=O)c1cc2c(s1)C1(CCN(CCO)CC1)OCC2. The van der Waals surface area contributed by atoms with Crippen LogP contribution in [0.15, 0.2) is 6.07 Å². The number of β-amino-alcohol motifs (C(OH)–C–C–N with tert-alkyl or cyclic N) is 1. The molecule has 1 atom stereocenters. The smallest absolute Gasteiger partial charge is 0.261 e. The van der Waals surface area contributed by atoms with Crippen molar-refractivity contribution in [3.05, 3.63) is 21.4 Å². The van der Waals surface area contributed by atoms with Gasteiger partial charge in [-0.15, -0.1) is 11.3 Å². The zero-order valence-corrected chi connectivity index (χ0v) is 17.0. The quantitative estimate of drug-likeness (QED) is 0.625. The highest BCUT2D eigenvalue weighted by atomic mass is 32.1. The number of hydrogen-bond acceptors (Lipinski definition) is 6. The van der Waals surface area contributed by atoms with Crippen LogP contribution in [-0.4, -0.2) is 66.5 Å². The first-order chi connectivity index (χ1) is 13.1. The van der Waals surface area contributed by atoms with Crippen LogP contribution in [-0.2, 0) is 16.8 Å². The minimum absolute atomic E-state index is 0.0232. The molecule has 0 saturated carbocycles. The number of amides is 1. The van der Waals surface area contributed by atoms with Crippen molar-refractivity contribution in [2.45, 2.75) is 57.1 Å². The van der Waals surface area contributed by atoms with Gasteiger partial charge in [-0.1, -0.05) is 19.8 Å². The number of thiophene rings is 1. The summed E-state index contributed by atoms with van der Waals surface area (Å²) in [5.74, 6) is -0.0857. The summed E-state index contributed by atoms with van der Waals surface area (Å²) in [6, 6.07) is 1.84. The van der Waals surface area contributed by atoms with E-state index in [0.717, 1.165) is 56.5 Å². The number of piperidine rings is 1. The van der Waals surface area contributed by atoms with E-state index in [0.29, 0.717) is 13.2 Å². The summed E-state index contributed by atoms with van der Waals surface area (Å²) in [5.41, 5.74) is 0.961. The summed E-state index contributed by atoms with van der Waals surface area (Å²) in [5, 5.41) is 21.7. The number of ether oxygens (including phenoxy) is 1. The molecule has 2 aliphatic heterocycles. The predicted molar refractivity (Wildman–Crippen MR) is 106 cm³/mol. The fraction of sp³-hybridized carbons (Fsp3) is 0.750. The van der Waals surface area contributed by atoms with Gasteiger partial charge >= 0.3 is 0 Å². The van der Waals surface area contributed by atoms with Crippen molar-refractivity contribution >= 4 is 17.2 Å². The molecule has 0 bridgehead atoms. The van der Waals surface area contributed by atoms with Crippen molar-refractivity contribution in [2.75, 3.05) is 39.5 Å². The van der Waals surface area contributed by atoms with Gasteiger partial charge in [0.25, 0.3) is 5.91 Å². The minimum Gasteiger partial charge on any atom is -0.395 e. The molecule has 1 fully saturated rings. The predicted octanol–water partition coefficient (Wildman–Crippen LogP) is 1.89. The summed E-state index contributed by atoms with van der Waals surface area (Å²) >= 11 is 1.55. The van der Waals surface area contributed by atoms with Crippen molar-refractivity contribution in [2.24, 2.45) is 0 Å². The lowest BCUT2D eigenvalue weighted by Crippen LogP contribution is -2.46. The fourth-order valence-electron chi connectivity index (χ4n) is 4.10. The maximum absolute atomic E-state index is 12.7. The summed E-state index contributed by atoms with van der Waals surface area (Å²) < 4.78 is 6.26. The number of hydrogen-bond donors (Lipinski definition) is 3. The minimum atomic E-state index is -0.276. The molecule has 1 aromatic heterocycles. The summed E-state index contributed by atoms with van der Waals surface area (Å²) in [6.45, 7) is 5.49. The summed E-state index contributed by atoms with van der Waals surface area (Å²) in [6.07, 6.45) is 5.49. The van der Waals surface area contributed by atoms with Gasteiger partial charge in [-0.05, 0) is 37.3 Å². The maximum atomic E-state index is 12.7. The van der Waals surface area contributed by atoms with Crippen molar-refractivity contribution < 1.29 is 19.7 Å². The van der Waals surface area contributed by atoms with Crippen LogP contribution in [0.1, 0.15) is 59.1 Å². The monoisotopic (exact) mass is 396 g/mol.